The number of anilines is 2. The predicted molar refractivity (Wildman–Crippen MR) is 96.3 cm³/mol. The number of hydrogen-bond acceptors (Lipinski definition) is 4. The molecule has 1 aliphatic rings. The molecule has 1 unspecified atom stereocenters. The fourth-order valence-electron chi connectivity index (χ4n) is 2.91. The number of rotatable bonds is 4. The van der Waals surface area contributed by atoms with Crippen molar-refractivity contribution in [1.82, 2.24) is 4.90 Å². The lowest BCUT2D eigenvalue weighted by molar-refractivity contribution is 0.161. The third-order valence-corrected chi connectivity index (χ3v) is 4.32. The Hall–Kier alpha value is -2.69. The second-order valence-corrected chi connectivity index (χ2v) is 6.19. The van der Waals surface area contributed by atoms with Gasteiger partial charge in [-0.25, -0.2) is 4.79 Å². The first-order valence-corrected chi connectivity index (χ1v) is 8.25. The Morgan fingerprint density at radius 2 is 2.08 bits per heavy atom. The molecule has 1 amide bonds. The monoisotopic (exact) mass is 325 g/mol. The number of fused-ring (bicyclic) bond motifs is 1. The summed E-state index contributed by atoms with van der Waals surface area (Å²) in [6.07, 6.45) is 2.60. The molecule has 2 aromatic rings. The number of nitrogens with two attached hydrogens (primary N) is 1. The fraction of sp³-hybridized carbons (Fsp3) is 0.316. The van der Waals surface area contributed by atoms with Gasteiger partial charge >= 0.3 is 6.09 Å². The van der Waals surface area contributed by atoms with Gasteiger partial charge in [-0.2, -0.15) is 0 Å². The average Bonchev–Trinajstić information content (AvgIpc) is 2.60. The molecular weight excluding hydrogens is 302 g/mol. The van der Waals surface area contributed by atoms with Crippen molar-refractivity contribution in [3.8, 4) is 5.75 Å². The highest BCUT2D eigenvalue weighted by molar-refractivity contribution is 5.70. The smallest absolute Gasteiger partial charge is 0.410 e. The first kappa shape index (κ1) is 16.2. The van der Waals surface area contributed by atoms with Crippen molar-refractivity contribution < 1.29 is 9.53 Å². The van der Waals surface area contributed by atoms with Gasteiger partial charge in [0.1, 0.15) is 5.75 Å². The summed E-state index contributed by atoms with van der Waals surface area (Å²) in [6.45, 7) is 0.646. The second kappa shape index (κ2) is 7.25. The van der Waals surface area contributed by atoms with E-state index in [-0.39, 0.29) is 6.09 Å². The van der Waals surface area contributed by atoms with E-state index in [1.54, 1.807) is 24.1 Å². The second-order valence-electron chi connectivity index (χ2n) is 6.19. The maximum atomic E-state index is 12.1. The van der Waals surface area contributed by atoms with Crippen molar-refractivity contribution in [2.45, 2.75) is 25.3 Å². The summed E-state index contributed by atoms with van der Waals surface area (Å²) in [7, 11) is 1.77. The quantitative estimate of drug-likeness (QED) is 0.844. The minimum atomic E-state index is -0.329. The third-order valence-electron chi connectivity index (χ3n) is 4.32. The number of ether oxygens (including phenoxy) is 1. The standard InChI is InChI=1S/C19H23N3O2/c1-22(19(23)24-17-5-3-2-4-6-17)12-11-16-9-7-14-13-15(20)8-10-18(14)21-16/h2-6,8,10,13,16,21H,7,9,11-12,20H2,1H3. The van der Waals surface area contributed by atoms with Gasteiger partial charge in [0.25, 0.3) is 0 Å². The molecule has 0 saturated heterocycles. The largest absolute Gasteiger partial charge is 0.414 e. The van der Waals surface area contributed by atoms with Crippen molar-refractivity contribution >= 4 is 17.5 Å². The van der Waals surface area contributed by atoms with Crippen molar-refractivity contribution in [3.05, 3.63) is 54.1 Å². The zero-order valence-electron chi connectivity index (χ0n) is 13.9. The molecule has 5 heteroatoms. The van der Waals surface area contributed by atoms with Crippen molar-refractivity contribution in [1.29, 1.82) is 0 Å². The molecule has 0 radical (unpaired) electrons. The van der Waals surface area contributed by atoms with E-state index in [9.17, 15) is 4.79 Å². The maximum absolute atomic E-state index is 12.1. The highest BCUT2D eigenvalue weighted by atomic mass is 16.6. The minimum absolute atomic E-state index is 0.329. The Balaban J connectivity index is 1.49. The predicted octanol–water partition coefficient (Wildman–Crippen LogP) is 3.52. The summed E-state index contributed by atoms with van der Waals surface area (Å²) >= 11 is 0. The van der Waals surface area contributed by atoms with Gasteiger partial charge in [0.05, 0.1) is 0 Å². The van der Waals surface area contributed by atoms with Crippen LogP contribution < -0.4 is 15.8 Å². The first-order valence-electron chi connectivity index (χ1n) is 8.25. The van der Waals surface area contributed by atoms with Crippen LogP contribution in [0, 0.1) is 0 Å². The highest BCUT2D eigenvalue weighted by Gasteiger charge is 2.19. The van der Waals surface area contributed by atoms with E-state index in [4.69, 9.17) is 10.5 Å². The SMILES string of the molecule is CN(CCC1CCc2cc(N)ccc2N1)C(=O)Oc1ccccc1. The van der Waals surface area contributed by atoms with Gasteiger partial charge in [0.15, 0.2) is 0 Å². The molecule has 3 rings (SSSR count). The first-order chi connectivity index (χ1) is 11.6. The van der Waals surface area contributed by atoms with Crippen LogP contribution in [0.1, 0.15) is 18.4 Å². The summed E-state index contributed by atoms with van der Waals surface area (Å²) in [5.74, 6) is 0.566. The van der Waals surface area contributed by atoms with Crippen LogP contribution in [0.15, 0.2) is 48.5 Å². The Labute approximate surface area is 142 Å². The molecule has 0 bridgehead atoms. The van der Waals surface area contributed by atoms with E-state index in [0.29, 0.717) is 18.3 Å². The van der Waals surface area contributed by atoms with E-state index in [0.717, 1.165) is 30.6 Å². The molecule has 1 aliphatic heterocycles. The molecular formula is C19H23N3O2. The van der Waals surface area contributed by atoms with Crippen LogP contribution in [0.3, 0.4) is 0 Å². The summed E-state index contributed by atoms with van der Waals surface area (Å²) < 4.78 is 5.34. The summed E-state index contributed by atoms with van der Waals surface area (Å²) in [4.78, 5) is 13.7. The Kier molecular flexibility index (Phi) is 4.89. The molecule has 0 saturated carbocycles. The van der Waals surface area contributed by atoms with E-state index < -0.39 is 0 Å². The number of hydrogen-bond donors (Lipinski definition) is 2. The topological polar surface area (TPSA) is 67.6 Å². The van der Waals surface area contributed by atoms with Gasteiger partial charge in [-0.1, -0.05) is 18.2 Å². The lowest BCUT2D eigenvalue weighted by Crippen LogP contribution is -2.35. The molecule has 5 nitrogen and oxygen atoms in total. The summed E-state index contributed by atoms with van der Waals surface area (Å²) in [6, 6.07) is 15.5. The minimum Gasteiger partial charge on any atom is -0.410 e. The molecule has 1 atom stereocenters. The molecule has 0 spiro atoms. The lowest BCUT2D eigenvalue weighted by atomic mass is 9.96. The van der Waals surface area contributed by atoms with E-state index in [1.807, 2.05) is 36.4 Å². The van der Waals surface area contributed by atoms with Crippen molar-refractivity contribution in [2.24, 2.45) is 0 Å². The summed E-state index contributed by atoms with van der Waals surface area (Å²) in [5, 5.41) is 3.53. The Morgan fingerprint density at radius 3 is 2.88 bits per heavy atom. The van der Waals surface area contributed by atoms with E-state index >= 15 is 0 Å². The average molecular weight is 325 g/mol. The number of nitrogens with one attached hydrogen (secondary N) is 1. The van der Waals surface area contributed by atoms with Crippen LogP contribution in [-0.4, -0.2) is 30.6 Å². The van der Waals surface area contributed by atoms with Gasteiger partial charge in [0, 0.05) is 31.0 Å². The lowest BCUT2D eigenvalue weighted by Gasteiger charge is -2.28. The van der Waals surface area contributed by atoms with E-state index in [1.165, 1.54) is 5.56 Å². The number of carbonyl (C=O) groups is 1. The number of amides is 1. The van der Waals surface area contributed by atoms with Crippen LogP contribution >= 0.6 is 0 Å². The van der Waals surface area contributed by atoms with Gasteiger partial charge in [-0.15, -0.1) is 0 Å². The zero-order chi connectivity index (χ0) is 16.9. The summed E-state index contributed by atoms with van der Waals surface area (Å²) in [5.41, 5.74) is 9.04. The number of nitrogens with zero attached hydrogens (tertiary/aromatic N) is 1. The fourth-order valence-corrected chi connectivity index (χ4v) is 2.91. The molecule has 0 aromatic heterocycles. The number of benzene rings is 2. The Morgan fingerprint density at radius 1 is 1.29 bits per heavy atom. The normalized spacial score (nSPS) is 16.0. The van der Waals surface area contributed by atoms with E-state index in [2.05, 4.69) is 5.32 Å². The molecule has 3 N–H and O–H groups in total. The molecule has 0 aliphatic carbocycles. The molecule has 0 fully saturated rings. The van der Waals surface area contributed by atoms with Gasteiger partial charge < -0.3 is 20.7 Å². The van der Waals surface area contributed by atoms with Gasteiger partial charge in [-0.05, 0) is 55.2 Å². The van der Waals surface area contributed by atoms with Gasteiger partial charge in [-0.3, -0.25) is 0 Å². The highest BCUT2D eigenvalue weighted by Crippen LogP contribution is 2.27. The van der Waals surface area contributed by atoms with Crippen LogP contribution in [0.5, 0.6) is 5.75 Å². The zero-order valence-corrected chi connectivity index (χ0v) is 13.9. The van der Waals surface area contributed by atoms with Crippen LogP contribution in [0.25, 0.3) is 0 Å². The number of aryl methyl sites for hydroxylation is 1. The van der Waals surface area contributed by atoms with Gasteiger partial charge in [0.2, 0.25) is 0 Å². The van der Waals surface area contributed by atoms with Crippen molar-refractivity contribution in [3.63, 3.8) is 0 Å². The molecule has 126 valence electrons. The molecule has 2 aromatic carbocycles. The number of carbonyl (C=O) groups excluding carboxylic acids is 1. The van der Waals surface area contributed by atoms with Crippen LogP contribution in [0.4, 0.5) is 16.2 Å². The van der Waals surface area contributed by atoms with Crippen molar-refractivity contribution in [2.75, 3.05) is 24.6 Å². The number of para-hydroxylation sites is 1. The molecule has 1 heterocycles. The Bertz CT molecular complexity index is 703. The third kappa shape index (κ3) is 3.98. The van der Waals surface area contributed by atoms with Crippen LogP contribution in [0.2, 0.25) is 0 Å². The maximum Gasteiger partial charge on any atom is 0.414 e. The number of nitrogen functional groups attached to an aromatic ring is 1. The molecule has 24 heavy (non-hydrogen) atoms. The van der Waals surface area contributed by atoms with Crippen LogP contribution in [-0.2, 0) is 6.42 Å².